The van der Waals surface area contributed by atoms with Crippen LogP contribution in [0, 0.1) is 0 Å². The Bertz CT molecular complexity index is 903. The third-order valence-corrected chi connectivity index (χ3v) is 4.64. The van der Waals surface area contributed by atoms with E-state index in [2.05, 4.69) is 5.32 Å². The Morgan fingerprint density at radius 1 is 0.848 bits per heavy atom. The van der Waals surface area contributed by atoms with E-state index in [1.807, 2.05) is 0 Å². The molecule has 0 unspecified atom stereocenters. The molecule has 1 amide bonds. The highest BCUT2D eigenvalue weighted by Gasteiger charge is 2.52. The normalized spacial score (nSPS) is 24.2. The molecule has 1 aromatic carbocycles. The van der Waals surface area contributed by atoms with E-state index in [4.69, 9.17) is 35.3 Å². The predicted octanol–water partition coefficient (Wildman–Crippen LogP) is 1.15. The van der Waals surface area contributed by atoms with Crippen molar-refractivity contribution in [3.05, 3.63) is 34.9 Å². The third kappa shape index (κ3) is 7.72. The number of amides is 1. The maximum absolute atomic E-state index is 12.8. The van der Waals surface area contributed by atoms with Crippen molar-refractivity contribution in [3.8, 4) is 0 Å². The minimum Gasteiger partial charge on any atom is -0.463 e. The number of hydrogen-bond acceptors (Lipinski definition) is 10. The van der Waals surface area contributed by atoms with E-state index in [1.165, 1.54) is 24.3 Å². The Hall–Kier alpha value is -3.18. The van der Waals surface area contributed by atoms with Gasteiger partial charge in [0.1, 0.15) is 18.8 Å². The molecule has 1 fully saturated rings. The van der Waals surface area contributed by atoms with E-state index in [0.717, 1.165) is 27.7 Å². The first-order chi connectivity index (χ1) is 15.5. The lowest BCUT2D eigenvalue weighted by atomic mass is 9.95. The zero-order valence-corrected chi connectivity index (χ0v) is 19.1. The molecule has 1 heterocycles. The molecular formula is C21H24ClNO10. The minimum atomic E-state index is -1.46. The van der Waals surface area contributed by atoms with Gasteiger partial charge in [0.05, 0.1) is 0 Å². The maximum atomic E-state index is 12.8. The van der Waals surface area contributed by atoms with Gasteiger partial charge in [0, 0.05) is 38.3 Å². The number of nitrogens with one attached hydrogen (secondary N) is 1. The topological polar surface area (TPSA) is 144 Å². The second-order valence-corrected chi connectivity index (χ2v) is 7.55. The summed E-state index contributed by atoms with van der Waals surface area (Å²) in [5.74, 6) is -3.55. The van der Waals surface area contributed by atoms with Crippen LogP contribution in [0.5, 0.6) is 0 Å². The van der Waals surface area contributed by atoms with Crippen LogP contribution >= 0.6 is 11.6 Å². The molecule has 0 radical (unpaired) electrons. The standard InChI is InChI=1S/C21H24ClNO10/c1-10(24)29-9-16-18(30-11(2)25)19(31-12(3)26)17(21(33-16)32-13(4)27)23-20(28)14-5-7-15(22)8-6-14/h5-8,16-19,21H,9H2,1-4H3,(H,23,28)/t16-,17-,18-,19+,21+/m0/s1. The summed E-state index contributed by atoms with van der Waals surface area (Å²) in [5.41, 5.74) is 0.202. The molecule has 1 aromatic rings. The fraction of sp³-hybridized carbons (Fsp3) is 0.476. The summed E-state index contributed by atoms with van der Waals surface area (Å²) < 4.78 is 26.5. The quantitative estimate of drug-likeness (QED) is 0.441. The number of esters is 4. The lowest BCUT2D eigenvalue weighted by Crippen LogP contribution is -2.67. The smallest absolute Gasteiger partial charge is 0.305 e. The summed E-state index contributed by atoms with van der Waals surface area (Å²) in [4.78, 5) is 59.5. The zero-order chi connectivity index (χ0) is 24.7. The van der Waals surface area contributed by atoms with Crippen molar-refractivity contribution in [2.45, 2.75) is 58.3 Å². The molecule has 0 spiro atoms. The molecule has 2 rings (SSSR count). The van der Waals surface area contributed by atoms with E-state index in [0.29, 0.717) is 5.02 Å². The number of hydrogen-bond donors (Lipinski definition) is 1. The Morgan fingerprint density at radius 2 is 1.39 bits per heavy atom. The highest BCUT2D eigenvalue weighted by molar-refractivity contribution is 6.30. The molecule has 33 heavy (non-hydrogen) atoms. The summed E-state index contributed by atoms with van der Waals surface area (Å²) in [6.07, 6.45) is -5.28. The molecule has 1 saturated heterocycles. The average molecular weight is 486 g/mol. The number of rotatable bonds is 7. The molecule has 11 nitrogen and oxygen atoms in total. The summed E-state index contributed by atoms with van der Waals surface area (Å²) in [7, 11) is 0. The van der Waals surface area contributed by atoms with Gasteiger partial charge in [0.2, 0.25) is 6.29 Å². The van der Waals surface area contributed by atoms with Crippen LogP contribution in [0.2, 0.25) is 5.02 Å². The predicted molar refractivity (Wildman–Crippen MR) is 111 cm³/mol. The number of benzene rings is 1. The van der Waals surface area contributed by atoms with Crippen LogP contribution in [0.3, 0.4) is 0 Å². The second kappa shape index (κ2) is 11.6. The summed E-state index contributed by atoms with van der Waals surface area (Å²) >= 11 is 5.85. The van der Waals surface area contributed by atoms with Gasteiger partial charge in [-0.25, -0.2) is 0 Å². The van der Waals surface area contributed by atoms with Crippen LogP contribution in [0.4, 0.5) is 0 Å². The molecule has 12 heteroatoms. The van der Waals surface area contributed by atoms with Gasteiger partial charge in [-0.3, -0.25) is 24.0 Å². The van der Waals surface area contributed by atoms with Gasteiger partial charge < -0.3 is 29.0 Å². The van der Waals surface area contributed by atoms with Gasteiger partial charge in [0.25, 0.3) is 5.91 Å². The van der Waals surface area contributed by atoms with Crippen molar-refractivity contribution in [2.75, 3.05) is 6.61 Å². The van der Waals surface area contributed by atoms with Crippen molar-refractivity contribution < 1.29 is 47.7 Å². The average Bonchev–Trinajstić information content (AvgIpc) is 2.70. The van der Waals surface area contributed by atoms with E-state index in [1.54, 1.807) is 0 Å². The fourth-order valence-corrected chi connectivity index (χ4v) is 3.28. The minimum absolute atomic E-state index is 0.202. The van der Waals surface area contributed by atoms with Crippen LogP contribution in [0.25, 0.3) is 0 Å². The molecule has 0 bridgehead atoms. The molecule has 0 aliphatic carbocycles. The van der Waals surface area contributed by atoms with E-state index < -0.39 is 67.0 Å². The molecule has 1 aliphatic heterocycles. The van der Waals surface area contributed by atoms with Crippen molar-refractivity contribution >= 4 is 41.4 Å². The van der Waals surface area contributed by atoms with Crippen LogP contribution in [0.15, 0.2) is 24.3 Å². The third-order valence-electron chi connectivity index (χ3n) is 4.39. The molecule has 0 aromatic heterocycles. The number of carbonyl (C=O) groups excluding carboxylic acids is 5. The van der Waals surface area contributed by atoms with E-state index >= 15 is 0 Å². The molecule has 180 valence electrons. The fourth-order valence-electron chi connectivity index (χ4n) is 3.16. The lowest BCUT2D eigenvalue weighted by molar-refractivity contribution is -0.270. The highest BCUT2D eigenvalue weighted by atomic mass is 35.5. The van der Waals surface area contributed by atoms with Crippen LogP contribution < -0.4 is 5.32 Å². The molecule has 0 saturated carbocycles. The van der Waals surface area contributed by atoms with Gasteiger partial charge in [0.15, 0.2) is 12.2 Å². The molecule has 5 atom stereocenters. The molecule has 1 aliphatic rings. The Labute approximate surface area is 194 Å². The SMILES string of the molecule is CC(=O)OC[C@@H]1O[C@@H](OC(C)=O)[C@@H](NC(=O)c2ccc(Cl)cc2)[C@@H](OC(C)=O)[C@H]1OC(C)=O. The van der Waals surface area contributed by atoms with Gasteiger partial charge in [-0.2, -0.15) is 0 Å². The summed E-state index contributed by atoms with van der Waals surface area (Å²) in [6.45, 7) is 4.10. The monoisotopic (exact) mass is 485 g/mol. The molecular weight excluding hydrogens is 462 g/mol. The van der Waals surface area contributed by atoms with Gasteiger partial charge in [-0.05, 0) is 24.3 Å². The maximum Gasteiger partial charge on any atom is 0.305 e. The highest BCUT2D eigenvalue weighted by Crippen LogP contribution is 2.28. The van der Waals surface area contributed by atoms with Gasteiger partial charge in [-0.1, -0.05) is 11.6 Å². The Morgan fingerprint density at radius 3 is 1.91 bits per heavy atom. The number of carbonyl (C=O) groups is 5. The summed E-state index contributed by atoms with van der Waals surface area (Å²) in [5, 5.41) is 3.00. The largest absolute Gasteiger partial charge is 0.463 e. The van der Waals surface area contributed by atoms with Crippen molar-refractivity contribution in [3.63, 3.8) is 0 Å². The number of ether oxygens (including phenoxy) is 5. The first kappa shape index (κ1) is 26.1. The van der Waals surface area contributed by atoms with E-state index in [9.17, 15) is 24.0 Å². The number of halogens is 1. The first-order valence-corrected chi connectivity index (χ1v) is 10.2. The lowest BCUT2D eigenvalue weighted by Gasteiger charge is -2.44. The summed E-state index contributed by atoms with van der Waals surface area (Å²) in [6, 6.07) is 4.63. The van der Waals surface area contributed by atoms with Crippen LogP contribution in [-0.2, 0) is 42.9 Å². The Kier molecular flexibility index (Phi) is 9.18. The van der Waals surface area contributed by atoms with Crippen molar-refractivity contribution in [1.82, 2.24) is 5.32 Å². The van der Waals surface area contributed by atoms with Crippen LogP contribution in [-0.4, -0.2) is 67.0 Å². The van der Waals surface area contributed by atoms with E-state index in [-0.39, 0.29) is 5.56 Å². The van der Waals surface area contributed by atoms with Gasteiger partial charge in [-0.15, -0.1) is 0 Å². The van der Waals surface area contributed by atoms with Crippen molar-refractivity contribution in [2.24, 2.45) is 0 Å². The van der Waals surface area contributed by atoms with Crippen LogP contribution in [0.1, 0.15) is 38.1 Å². The second-order valence-electron chi connectivity index (χ2n) is 7.11. The van der Waals surface area contributed by atoms with Gasteiger partial charge >= 0.3 is 23.9 Å². The molecule has 1 N–H and O–H groups in total. The van der Waals surface area contributed by atoms with Crippen molar-refractivity contribution in [1.29, 1.82) is 0 Å². The zero-order valence-electron chi connectivity index (χ0n) is 18.4. The first-order valence-electron chi connectivity index (χ1n) is 9.84. The Balaban J connectivity index is 2.44.